The maximum atomic E-state index is 3.50. The van der Waals surface area contributed by atoms with Gasteiger partial charge in [0.2, 0.25) is 0 Å². The predicted octanol–water partition coefficient (Wildman–Crippen LogP) is 5.48. The Labute approximate surface area is 125 Å². The largest absolute Gasteiger partial charge is 0.354 e. The second kappa shape index (κ2) is 6.14. The summed E-state index contributed by atoms with van der Waals surface area (Å²) in [6.07, 6.45) is 0. The average Bonchev–Trinajstić information content (AvgIpc) is 2.52. The number of hydrogen-bond donors (Lipinski definition) is 2. The molecule has 3 aromatic carbocycles. The van der Waals surface area contributed by atoms with Crippen molar-refractivity contribution in [1.82, 2.24) is 0 Å². The number of para-hydroxylation sites is 4. The second-order valence-corrected chi connectivity index (χ2v) is 4.98. The Morgan fingerprint density at radius 1 is 0.524 bits per heavy atom. The topological polar surface area (TPSA) is 24.1 Å². The normalized spacial score (nSPS) is 10.1. The fraction of sp³-hybridized carbons (Fsp3) is 0.0526. The van der Waals surface area contributed by atoms with Crippen molar-refractivity contribution in [3.63, 3.8) is 0 Å². The third-order valence-electron chi connectivity index (χ3n) is 3.39. The number of hydrogen-bond acceptors (Lipinski definition) is 2. The first-order valence-corrected chi connectivity index (χ1v) is 7.07. The summed E-state index contributed by atoms with van der Waals surface area (Å²) in [7, 11) is 0. The average molecular weight is 274 g/mol. The standard InChI is InChI=1S/C19H18N2/c1-15-9-5-6-12-17(15)21-19-14-8-7-13-18(19)20-16-10-3-2-4-11-16/h2-14,20-21H,1H3. The summed E-state index contributed by atoms with van der Waals surface area (Å²) in [5.41, 5.74) is 5.56. The highest BCUT2D eigenvalue weighted by molar-refractivity contribution is 5.78. The van der Waals surface area contributed by atoms with Gasteiger partial charge < -0.3 is 10.6 Å². The van der Waals surface area contributed by atoms with Gasteiger partial charge in [0.15, 0.2) is 0 Å². The maximum Gasteiger partial charge on any atom is 0.0623 e. The van der Waals surface area contributed by atoms with E-state index in [1.165, 1.54) is 5.56 Å². The van der Waals surface area contributed by atoms with Crippen molar-refractivity contribution in [2.24, 2.45) is 0 Å². The van der Waals surface area contributed by atoms with E-state index in [2.05, 4.69) is 60.0 Å². The van der Waals surface area contributed by atoms with E-state index in [9.17, 15) is 0 Å². The van der Waals surface area contributed by atoms with Gasteiger partial charge in [0, 0.05) is 11.4 Å². The van der Waals surface area contributed by atoms with Crippen LogP contribution in [-0.2, 0) is 0 Å². The van der Waals surface area contributed by atoms with Gasteiger partial charge in [-0.1, -0.05) is 48.5 Å². The van der Waals surface area contributed by atoms with E-state index in [1.54, 1.807) is 0 Å². The minimum Gasteiger partial charge on any atom is -0.354 e. The van der Waals surface area contributed by atoms with Gasteiger partial charge in [-0.05, 0) is 42.8 Å². The monoisotopic (exact) mass is 274 g/mol. The molecular weight excluding hydrogens is 256 g/mol. The molecule has 2 heteroatoms. The lowest BCUT2D eigenvalue weighted by Crippen LogP contribution is -1.98. The molecular formula is C19H18N2. The second-order valence-electron chi connectivity index (χ2n) is 4.98. The van der Waals surface area contributed by atoms with Crippen molar-refractivity contribution in [3.05, 3.63) is 84.4 Å². The molecule has 104 valence electrons. The van der Waals surface area contributed by atoms with Gasteiger partial charge in [-0.3, -0.25) is 0 Å². The molecule has 0 bridgehead atoms. The lowest BCUT2D eigenvalue weighted by molar-refractivity contribution is 1.42. The number of rotatable bonds is 4. The van der Waals surface area contributed by atoms with E-state index in [1.807, 2.05) is 36.4 Å². The highest BCUT2D eigenvalue weighted by Gasteiger charge is 2.03. The Balaban J connectivity index is 1.88. The van der Waals surface area contributed by atoms with Crippen LogP contribution in [0.15, 0.2) is 78.9 Å². The van der Waals surface area contributed by atoms with Gasteiger partial charge in [-0.2, -0.15) is 0 Å². The molecule has 0 aliphatic heterocycles. The van der Waals surface area contributed by atoms with Crippen molar-refractivity contribution in [3.8, 4) is 0 Å². The molecule has 0 radical (unpaired) electrons. The van der Waals surface area contributed by atoms with Crippen molar-refractivity contribution in [2.45, 2.75) is 6.92 Å². The first-order valence-electron chi connectivity index (χ1n) is 7.07. The molecule has 2 N–H and O–H groups in total. The summed E-state index contributed by atoms with van der Waals surface area (Å²) >= 11 is 0. The molecule has 0 atom stereocenters. The van der Waals surface area contributed by atoms with Crippen LogP contribution < -0.4 is 10.6 Å². The van der Waals surface area contributed by atoms with Gasteiger partial charge in [-0.25, -0.2) is 0 Å². The molecule has 3 aromatic rings. The molecule has 2 nitrogen and oxygen atoms in total. The van der Waals surface area contributed by atoms with Gasteiger partial charge in [0.05, 0.1) is 11.4 Å². The SMILES string of the molecule is Cc1ccccc1Nc1ccccc1Nc1ccccc1. The van der Waals surface area contributed by atoms with Crippen LogP contribution in [0.4, 0.5) is 22.7 Å². The highest BCUT2D eigenvalue weighted by Crippen LogP contribution is 2.29. The van der Waals surface area contributed by atoms with Gasteiger partial charge in [0.1, 0.15) is 0 Å². The first kappa shape index (κ1) is 13.3. The van der Waals surface area contributed by atoms with Crippen molar-refractivity contribution >= 4 is 22.7 Å². The summed E-state index contributed by atoms with van der Waals surface area (Å²) in [4.78, 5) is 0. The molecule has 0 saturated carbocycles. The summed E-state index contributed by atoms with van der Waals surface area (Å²) in [6, 6.07) is 26.7. The molecule has 0 aromatic heterocycles. The van der Waals surface area contributed by atoms with E-state index in [0.717, 1.165) is 22.7 Å². The first-order chi connectivity index (χ1) is 10.3. The molecule has 0 amide bonds. The van der Waals surface area contributed by atoms with Crippen LogP contribution in [0.1, 0.15) is 5.56 Å². The minimum atomic E-state index is 1.06. The van der Waals surface area contributed by atoms with Crippen LogP contribution in [0.5, 0.6) is 0 Å². The lowest BCUT2D eigenvalue weighted by atomic mass is 10.2. The Bertz CT molecular complexity index is 720. The van der Waals surface area contributed by atoms with Crippen molar-refractivity contribution < 1.29 is 0 Å². The predicted molar refractivity (Wildman–Crippen MR) is 90.6 cm³/mol. The van der Waals surface area contributed by atoms with Crippen LogP contribution >= 0.6 is 0 Å². The number of benzene rings is 3. The van der Waals surface area contributed by atoms with Crippen molar-refractivity contribution in [2.75, 3.05) is 10.6 Å². The van der Waals surface area contributed by atoms with Gasteiger partial charge in [-0.15, -0.1) is 0 Å². The fourth-order valence-corrected chi connectivity index (χ4v) is 2.24. The van der Waals surface area contributed by atoms with E-state index < -0.39 is 0 Å². The molecule has 0 unspecified atom stereocenters. The van der Waals surface area contributed by atoms with Gasteiger partial charge >= 0.3 is 0 Å². The third-order valence-corrected chi connectivity index (χ3v) is 3.39. The van der Waals surface area contributed by atoms with Crippen LogP contribution in [0, 0.1) is 6.92 Å². The molecule has 0 heterocycles. The maximum absolute atomic E-state index is 3.50. The zero-order chi connectivity index (χ0) is 14.5. The zero-order valence-electron chi connectivity index (χ0n) is 12.0. The Kier molecular flexibility index (Phi) is 3.88. The fourth-order valence-electron chi connectivity index (χ4n) is 2.24. The molecule has 0 aliphatic carbocycles. The van der Waals surface area contributed by atoms with E-state index in [0.29, 0.717) is 0 Å². The molecule has 0 fully saturated rings. The highest BCUT2D eigenvalue weighted by atomic mass is 15.0. The van der Waals surface area contributed by atoms with E-state index in [4.69, 9.17) is 0 Å². The number of aryl methyl sites for hydroxylation is 1. The van der Waals surface area contributed by atoms with E-state index >= 15 is 0 Å². The Morgan fingerprint density at radius 3 is 1.71 bits per heavy atom. The smallest absolute Gasteiger partial charge is 0.0623 e. The van der Waals surface area contributed by atoms with Crippen molar-refractivity contribution in [1.29, 1.82) is 0 Å². The molecule has 0 aliphatic rings. The summed E-state index contributed by atoms with van der Waals surface area (Å²) < 4.78 is 0. The third kappa shape index (κ3) is 3.23. The molecule has 0 saturated heterocycles. The van der Waals surface area contributed by atoms with E-state index in [-0.39, 0.29) is 0 Å². The minimum absolute atomic E-state index is 1.06. The lowest BCUT2D eigenvalue weighted by Gasteiger charge is -2.15. The van der Waals surface area contributed by atoms with Crippen LogP contribution in [0.3, 0.4) is 0 Å². The molecule has 21 heavy (non-hydrogen) atoms. The Hall–Kier alpha value is -2.74. The Morgan fingerprint density at radius 2 is 1.05 bits per heavy atom. The quantitative estimate of drug-likeness (QED) is 0.658. The number of nitrogens with one attached hydrogen (secondary N) is 2. The number of anilines is 4. The summed E-state index contributed by atoms with van der Waals surface area (Å²) in [5, 5.41) is 6.95. The molecule has 3 rings (SSSR count). The van der Waals surface area contributed by atoms with Crippen LogP contribution in [-0.4, -0.2) is 0 Å². The molecule has 0 spiro atoms. The zero-order valence-corrected chi connectivity index (χ0v) is 12.0. The van der Waals surface area contributed by atoms with Crippen LogP contribution in [0.25, 0.3) is 0 Å². The van der Waals surface area contributed by atoms with Crippen LogP contribution in [0.2, 0.25) is 0 Å². The van der Waals surface area contributed by atoms with Gasteiger partial charge in [0.25, 0.3) is 0 Å². The summed E-state index contributed by atoms with van der Waals surface area (Å²) in [5.74, 6) is 0. The summed E-state index contributed by atoms with van der Waals surface area (Å²) in [6.45, 7) is 2.11.